The van der Waals surface area contributed by atoms with E-state index in [-0.39, 0.29) is 25.0 Å². The van der Waals surface area contributed by atoms with Crippen molar-refractivity contribution in [1.29, 1.82) is 0 Å². The van der Waals surface area contributed by atoms with Crippen LogP contribution < -0.4 is 5.32 Å². The first-order valence-corrected chi connectivity index (χ1v) is 11.1. The highest BCUT2D eigenvalue weighted by atomic mass is 35.5. The van der Waals surface area contributed by atoms with Crippen molar-refractivity contribution in [2.24, 2.45) is 0 Å². The second-order valence-electron chi connectivity index (χ2n) is 6.73. The molecule has 140 valence electrons. The average molecular weight is 387 g/mol. The van der Waals surface area contributed by atoms with Crippen molar-refractivity contribution in [1.82, 2.24) is 9.62 Å². The molecule has 0 saturated heterocycles. The number of amides is 1. The summed E-state index contributed by atoms with van der Waals surface area (Å²) in [6.45, 7) is 0.154. The van der Waals surface area contributed by atoms with E-state index in [9.17, 15) is 13.2 Å². The molecule has 0 bridgehead atoms. The topological polar surface area (TPSA) is 66.5 Å². The van der Waals surface area contributed by atoms with E-state index < -0.39 is 10.0 Å². The van der Waals surface area contributed by atoms with Crippen molar-refractivity contribution >= 4 is 27.5 Å². The molecule has 0 aliphatic heterocycles. The average Bonchev–Trinajstić information content (AvgIpc) is 2.80. The van der Waals surface area contributed by atoms with E-state index in [1.54, 1.807) is 12.1 Å². The standard InChI is InChI=1S/C18H27ClN2O3S/c1-25(23,24)21(13-12-15-8-10-16(19)11-9-15)14-18(22)20-17-6-4-2-3-5-7-17/h8-11,17H,2-7,12-14H2,1H3,(H,20,22). The maximum atomic E-state index is 12.3. The van der Waals surface area contributed by atoms with Gasteiger partial charge in [0.05, 0.1) is 12.8 Å². The molecule has 1 aliphatic rings. The van der Waals surface area contributed by atoms with E-state index in [4.69, 9.17) is 11.6 Å². The monoisotopic (exact) mass is 386 g/mol. The molecule has 0 atom stereocenters. The minimum Gasteiger partial charge on any atom is -0.352 e. The van der Waals surface area contributed by atoms with Gasteiger partial charge in [-0.3, -0.25) is 4.79 Å². The fraction of sp³-hybridized carbons (Fsp3) is 0.611. The Kier molecular flexibility index (Phi) is 7.72. The molecule has 1 aromatic rings. The van der Waals surface area contributed by atoms with Gasteiger partial charge in [0, 0.05) is 17.6 Å². The summed E-state index contributed by atoms with van der Waals surface area (Å²) in [6, 6.07) is 7.47. The van der Waals surface area contributed by atoms with Gasteiger partial charge in [-0.25, -0.2) is 8.42 Å². The van der Waals surface area contributed by atoms with Gasteiger partial charge in [0.1, 0.15) is 0 Å². The first kappa shape index (κ1) is 20.2. The van der Waals surface area contributed by atoms with Crippen molar-refractivity contribution in [2.45, 2.75) is 51.0 Å². The predicted molar refractivity (Wildman–Crippen MR) is 101 cm³/mol. The predicted octanol–water partition coefficient (Wildman–Crippen LogP) is 2.98. The molecule has 0 heterocycles. The third-order valence-corrected chi connectivity index (χ3v) is 6.07. The van der Waals surface area contributed by atoms with Crippen LogP contribution in [-0.4, -0.2) is 44.0 Å². The van der Waals surface area contributed by atoms with Crippen molar-refractivity contribution in [3.63, 3.8) is 0 Å². The zero-order chi connectivity index (χ0) is 18.3. The number of hydrogen-bond donors (Lipinski definition) is 1. The van der Waals surface area contributed by atoms with Gasteiger partial charge in [-0.05, 0) is 37.0 Å². The number of carbonyl (C=O) groups is 1. The van der Waals surface area contributed by atoms with Gasteiger partial charge in [-0.2, -0.15) is 4.31 Å². The summed E-state index contributed by atoms with van der Waals surface area (Å²) in [5.41, 5.74) is 0.988. The molecule has 1 aliphatic carbocycles. The first-order valence-electron chi connectivity index (χ1n) is 8.83. The number of carbonyl (C=O) groups excluding carboxylic acids is 1. The van der Waals surface area contributed by atoms with Crippen molar-refractivity contribution in [3.05, 3.63) is 34.9 Å². The van der Waals surface area contributed by atoms with Crippen LogP contribution in [0.2, 0.25) is 5.02 Å². The molecule has 1 amide bonds. The lowest BCUT2D eigenvalue weighted by molar-refractivity contribution is -0.122. The summed E-state index contributed by atoms with van der Waals surface area (Å²) in [5, 5.41) is 3.65. The van der Waals surface area contributed by atoms with Crippen molar-refractivity contribution in [2.75, 3.05) is 19.3 Å². The third-order valence-electron chi connectivity index (χ3n) is 4.57. The Morgan fingerprint density at radius 2 is 1.76 bits per heavy atom. The number of sulfonamides is 1. The molecule has 1 N–H and O–H groups in total. The van der Waals surface area contributed by atoms with E-state index in [1.165, 1.54) is 17.1 Å². The van der Waals surface area contributed by atoms with Crippen LogP contribution in [0.15, 0.2) is 24.3 Å². The summed E-state index contributed by atoms with van der Waals surface area (Å²) in [6.07, 6.45) is 8.32. The van der Waals surface area contributed by atoms with Crippen LogP contribution in [0.5, 0.6) is 0 Å². The van der Waals surface area contributed by atoms with Gasteiger partial charge in [-0.15, -0.1) is 0 Å². The highest BCUT2D eigenvalue weighted by Crippen LogP contribution is 2.17. The zero-order valence-corrected chi connectivity index (χ0v) is 16.3. The van der Waals surface area contributed by atoms with Gasteiger partial charge >= 0.3 is 0 Å². The van der Waals surface area contributed by atoms with E-state index in [0.29, 0.717) is 11.4 Å². The molecule has 7 heteroatoms. The van der Waals surface area contributed by atoms with Crippen molar-refractivity contribution < 1.29 is 13.2 Å². The third kappa shape index (κ3) is 7.34. The molecule has 0 spiro atoms. The summed E-state index contributed by atoms with van der Waals surface area (Å²) < 4.78 is 25.3. The summed E-state index contributed by atoms with van der Waals surface area (Å²) >= 11 is 5.86. The van der Waals surface area contributed by atoms with Crippen LogP contribution in [-0.2, 0) is 21.2 Å². The van der Waals surface area contributed by atoms with Gasteiger partial charge in [0.2, 0.25) is 15.9 Å². The molecule has 0 aromatic heterocycles. The number of halogens is 1. The fourth-order valence-electron chi connectivity index (χ4n) is 3.12. The summed E-state index contributed by atoms with van der Waals surface area (Å²) in [7, 11) is -3.44. The van der Waals surface area contributed by atoms with Crippen LogP contribution in [0.1, 0.15) is 44.1 Å². The first-order chi connectivity index (χ1) is 11.8. The number of nitrogens with one attached hydrogen (secondary N) is 1. The highest BCUT2D eigenvalue weighted by molar-refractivity contribution is 7.88. The quantitative estimate of drug-likeness (QED) is 0.732. The molecular formula is C18H27ClN2O3S. The number of benzene rings is 1. The molecule has 2 rings (SSSR count). The second-order valence-corrected chi connectivity index (χ2v) is 9.15. The van der Waals surface area contributed by atoms with Gasteiger partial charge in [0.25, 0.3) is 0 Å². The van der Waals surface area contributed by atoms with Crippen LogP contribution >= 0.6 is 11.6 Å². The maximum absolute atomic E-state index is 12.3. The summed E-state index contributed by atoms with van der Waals surface area (Å²) in [4.78, 5) is 12.3. The van der Waals surface area contributed by atoms with Crippen LogP contribution in [0.3, 0.4) is 0 Å². The minimum atomic E-state index is -3.44. The van der Waals surface area contributed by atoms with Gasteiger partial charge in [-0.1, -0.05) is 49.4 Å². The van der Waals surface area contributed by atoms with Crippen molar-refractivity contribution in [3.8, 4) is 0 Å². The highest BCUT2D eigenvalue weighted by Gasteiger charge is 2.22. The number of rotatable bonds is 7. The number of nitrogens with zero attached hydrogens (tertiary/aromatic N) is 1. The SMILES string of the molecule is CS(=O)(=O)N(CCc1ccc(Cl)cc1)CC(=O)NC1CCCCCC1. The lowest BCUT2D eigenvalue weighted by Gasteiger charge is -2.22. The molecule has 25 heavy (non-hydrogen) atoms. The molecule has 5 nitrogen and oxygen atoms in total. The van der Waals surface area contributed by atoms with Crippen LogP contribution in [0.4, 0.5) is 0 Å². The minimum absolute atomic E-state index is 0.122. The number of hydrogen-bond acceptors (Lipinski definition) is 3. The largest absolute Gasteiger partial charge is 0.352 e. The second kappa shape index (κ2) is 9.55. The normalized spacial score (nSPS) is 16.6. The van der Waals surface area contributed by atoms with Crippen LogP contribution in [0.25, 0.3) is 0 Å². The Balaban J connectivity index is 1.90. The smallest absolute Gasteiger partial charge is 0.235 e. The zero-order valence-electron chi connectivity index (χ0n) is 14.7. The lowest BCUT2D eigenvalue weighted by Crippen LogP contribution is -2.44. The van der Waals surface area contributed by atoms with E-state index in [0.717, 1.165) is 37.5 Å². The molecular weight excluding hydrogens is 360 g/mol. The van der Waals surface area contributed by atoms with Crippen LogP contribution in [0, 0.1) is 0 Å². The molecule has 1 aromatic carbocycles. The van der Waals surface area contributed by atoms with Gasteiger partial charge < -0.3 is 5.32 Å². The lowest BCUT2D eigenvalue weighted by atomic mass is 10.1. The van der Waals surface area contributed by atoms with E-state index in [1.807, 2.05) is 12.1 Å². The van der Waals surface area contributed by atoms with E-state index in [2.05, 4.69) is 5.32 Å². The fourth-order valence-corrected chi connectivity index (χ4v) is 4.02. The molecule has 0 radical (unpaired) electrons. The Labute approximate surface area is 155 Å². The maximum Gasteiger partial charge on any atom is 0.235 e. The molecule has 0 unspecified atom stereocenters. The Hall–Kier alpha value is -1.11. The molecule has 1 saturated carbocycles. The molecule has 1 fully saturated rings. The Morgan fingerprint density at radius 3 is 2.32 bits per heavy atom. The Bertz CT molecular complexity index is 653. The van der Waals surface area contributed by atoms with Gasteiger partial charge in [0.15, 0.2) is 0 Å². The Morgan fingerprint density at radius 1 is 1.16 bits per heavy atom. The summed E-state index contributed by atoms with van der Waals surface area (Å²) in [5.74, 6) is -0.214. The van der Waals surface area contributed by atoms with E-state index >= 15 is 0 Å².